The number of rotatable bonds is 0. The lowest BCUT2D eigenvalue weighted by Gasteiger charge is -2.15. The largest absolute Gasteiger partial charge is 0.507 e. The van der Waals surface area contributed by atoms with E-state index in [1.165, 1.54) is 13.0 Å². The molecule has 0 aromatic heterocycles. The van der Waals surface area contributed by atoms with Crippen molar-refractivity contribution in [3.8, 4) is 17.2 Å². The van der Waals surface area contributed by atoms with E-state index in [1.807, 2.05) is 0 Å². The Morgan fingerprint density at radius 2 is 1.56 bits per heavy atom. The zero-order valence-corrected chi connectivity index (χ0v) is 8.31. The van der Waals surface area contributed by atoms with Gasteiger partial charge in [0.15, 0.2) is 11.5 Å². The number of phenolic OH excluding ortho intramolecular Hbond substituents is 3. The second-order valence-electron chi connectivity index (χ2n) is 3.49. The molecule has 0 radical (unpaired) electrons. The summed E-state index contributed by atoms with van der Waals surface area (Å²) in [6.45, 7) is 1.39. The molecule has 0 bridgehead atoms. The molecule has 5 heteroatoms. The van der Waals surface area contributed by atoms with Crippen LogP contribution in [0.25, 0.3) is 6.08 Å². The number of hydrogen-bond donors (Lipinski definition) is 3. The van der Waals surface area contributed by atoms with Crippen molar-refractivity contribution >= 4 is 17.6 Å². The first-order valence-corrected chi connectivity index (χ1v) is 4.49. The number of allylic oxidation sites excluding steroid dienone is 1. The fraction of sp³-hybridized carbons (Fsp3) is 0.0909. The summed E-state index contributed by atoms with van der Waals surface area (Å²) in [5, 5.41) is 28.7. The topological polar surface area (TPSA) is 94.8 Å². The number of hydrogen-bond acceptors (Lipinski definition) is 5. The molecule has 0 amide bonds. The first-order chi connectivity index (χ1) is 7.45. The Balaban J connectivity index is 2.90. The second-order valence-corrected chi connectivity index (χ2v) is 3.49. The molecule has 1 aromatic rings. The molecule has 0 atom stereocenters. The summed E-state index contributed by atoms with van der Waals surface area (Å²) in [6.07, 6.45) is 2.25. The van der Waals surface area contributed by atoms with Crippen molar-refractivity contribution in [2.45, 2.75) is 6.92 Å². The van der Waals surface area contributed by atoms with Crippen molar-refractivity contribution in [1.29, 1.82) is 0 Å². The van der Waals surface area contributed by atoms with E-state index in [-0.39, 0.29) is 22.4 Å². The summed E-state index contributed by atoms with van der Waals surface area (Å²) in [6, 6.07) is 0. The highest BCUT2D eigenvalue weighted by Gasteiger charge is 2.30. The minimum Gasteiger partial charge on any atom is -0.507 e. The molecule has 82 valence electrons. The highest BCUT2D eigenvalue weighted by molar-refractivity contribution is 6.50. The van der Waals surface area contributed by atoms with Gasteiger partial charge in [0, 0.05) is 11.1 Å². The van der Waals surface area contributed by atoms with Gasteiger partial charge >= 0.3 is 0 Å². The van der Waals surface area contributed by atoms with E-state index in [9.17, 15) is 24.9 Å². The van der Waals surface area contributed by atoms with Crippen molar-refractivity contribution in [3.05, 3.63) is 22.8 Å². The van der Waals surface area contributed by atoms with Gasteiger partial charge in [-0.3, -0.25) is 9.59 Å². The van der Waals surface area contributed by atoms with Crippen molar-refractivity contribution in [3.63, 3.8) is 0 Å². The molecule has 0 unspecified atom stereocenters. The van der Waals surface area contributed by atoms with Gasteiger partial charge in [0.1, 0.15) is 5.75 Å². The molecule has 0 aliphatic heterocycles. The molecule has 5 nitrogen and oxygen atoms in total. The summed E-state index contributed by atoms with van der Waals surface area (Å²) in [4.78, 5) is 22.6. The first kappa shape index (κ1) is 10.2. The number of aromatic hydroxyl groups is 3. The Bertz CT molecular complexity index is 554. The van der Waals surface area contributed by atoms with Crippen LogP contribution in [0.3, 0.4) is 0 Å². The van der Waals surface area contributed by atoms with E-state index in [0.717, 1.165) is 6.08 Å². The third-order valence-electron chi connectivity index (χ3n) is 2.55. The van der Waals surface area contributed by atoms with Gasteiger partial charge in [-0.15, -0.1) is 0 Å². The van der Waals surface area contributed by atoms with Crippen LogP contribution in [0.4, 0.5) is 0 Å². The van der Waals surface area contributed by atoms with E-state index in [1.54, 1.807) is 0 Å². The number of phenols is 3. The van der Waals surface area contributed by atoms with Crippen LogP contribution in [0.1, 0.15) is 21.5 Å². The van der Waals surface area contributed by atoms with Crippen LogP contribution in [-0.2, 0) is 4.79 Å². The smallest absolute Gasteiger partial charge is 0.237 e. The van der Waals surface area contributed by atoms with Crippen LogP contribution in [0.2, 0.25) is 0 Å². The summed E-state index contributed by atoms with van der Waals surface area (Å²) in [5.41, 5.74) is -0.242. The van der Waals surface area contributed by atoms with Crippen molar-refractivity contribution in [1.82, 2.24) is 0 Å². The van der Waals surface area contributed by atoms with Crippen LogP contribution >= 0.6 is 0 Å². The molecule has 0 saturated heterocycles. The maximum absolute atomic E-state index is 11.5. The van der Waals surface area contributed by atoms with E-state index in [0.29, 0.717) is 0 Å². The van der Waals surface area contributed by atoms with Gasteiger partial charge < -0.3 is 15.3 Å². The van der Waals surface area contributed by atoms with Crippen LogP contribution in [0.15, 0.2) is 6.08 Å². The molecule has 3 N–H and O–H groups in total. The number of carbonyl (C=O) groups excluding carboxylic acids is 2. The molecule has 1 aromatic carbocycles. The van der Waals surface area contributed by atoms with Crippen LogP contribution in [0, 0.1) is 6.92 Å². The summed E-state index contributed by atoms with van der Waals surface area (Å²) >= 11 is 0. The summed E-state index contributed by atoms with van der Waals surface area (Å²) in [5.74, 6) is -3.32. The lowest BCUT2D eigenvalue weighted by molar-refractivity contribution is -0.110. The standard InChI is InChI=1S/C11H8O5/c1-4-8(13)5-2-3-6(12)10(15)7(5)11(16)9(4)14/h2-3,13-14,16H,1H3. The Hall–Kier alpha value is -2.30. The molecule has 2 rings (SSSR count). The van der Waals surface area contributed by atoms with Crippen molar-refractivity contribution in [2.24, 2.45) is 0 Å². The highest BCUT2D eigenvalue weighted by Crippen LogP contribution is 2.43. The third kappa shape index (κ3) is 1.11. The van der Waals surface area contributed by atoms with E-state index >= 15 is 0 Å². The minimum absolute atomic E-state index is 0.0531. The predicted molar refractivity (Wildman–Crippen MR) is 54.5 cm³/mol. The molecule has 0 saturated carbocycles. The van der Waals surface area contributed by atoms with Gasteiger partial charge in [0.05, 0.1) is 5.56 Å². The monoisotopic (exact) mass is 220 g/mol. The Labute approximate surface area is 90.3 Å². The number of fused-ring (bicyclic) bond motifs is 1. The molecule has 16 heavy (non-hydrogen) atoms. The zero-order valence-electron chi connectivity index (χ0n) is 8.31. The fourth-order valence-corrected chi connectivity index (χ4v) is 1.61. The minimum atomic E-state index is -0.944. The van der Waals surface area contributed by atoms with Gasteiger partial charge in [-0.25, -0.2) is 0 Å². The number of Topliss-reactive ketones (excluding diaryl/α,β-unsaturated/α-hetero) is 1. The summed E-state index contributed by atoms with van der Waals surface area (Å²) in [7, 11) is 0. The lowest BCUT2D eigenvalue weighted by atomic mass is 9.91. The Morgan fingerprint density at radius 1 is 0.938 bits per heavy atom. The Kier molecular flexibility index (Phi) is 1.98. The fourth-order valence-electron chi connectivity index (χ4n) is 1.61. The normalized spacial score (nSPS) is 14.1. The third-order valence-corrected chi connectivity index (χ3v) is 2.55. The van der Waals surface area contributed by atoms with E-state index in [4.69, 9.17) is 0 Å². The summed E-state index contributed by atoms with van der Waals surface area (Å²) < 4.78 is 0. The lowest BCUT2D eigenvalue weighted by Crippen LogP contribution is -2.16. The molecular formula is C11H8O5. The van der Waals surface area contributed by atoms with E-state index in [2.05, 4.69) is 0 Å². The van der Waals surface area contributed by atoms with Gasteiger partial charge in [0.25, 0.3) is 0 Å². The maximum Gasteiger partial charge on any atom is 0.237 e. The second kappa shape index (κ2) is 3.10. The average Bonchev–Trinajstić information content (AvgIpc) is 2.27. The highest BCUT2D eigenvalue weighted by atomic mass is 16.3. The molecular weight excluding hydrogens is 212 g/mol. The quantitative estimate of drug-likeness (QED) is 0.343. The van der Waals surface area contributed by atoms with Crippen LogP contribution in [-0.4, -0.2) is 26.9 Å². The molecule has 1 aliphatic carbocycles. The van der Waals surface area contributed by atoms with Gasteiger partial charge in [-0.1, -0.05) is 0 Å². The maximum atomic E-state index is 11.5. The van der Waals surface area contributed by atoms with Crippen molar-refractivity contribution in [2.75, 3.05) is 0 Å². The Morgan fingerprint density at radius 3 is 2.19 bits per heavy atom. The van der Waals surface area contributed by atoms with E-state index < -0.39 is 23.1 Å². The zero-order chi connectivity index (χ0) is 12.0. The number of carbonyl (C=O) groups is 2. The molecule has 0 spiro atoms. The number of ketones is 2. The molecule has 1 aliphatic rings. The van der Waals surface area contributed by atoms with Crippen LogP contribution in [0.5, 0.6) is 17.2 Å². The molecule has 0 heterocycles. The van der Waals surface area contributed by atoms with Crippen molar-refractivity contribution < 1.29 is 24.9 Å². The van der Waals surface area contributed by atoms with Crippen LogP contribution < -0.4 is 0 Å². The SMILES string of the molecule is Cc1c(O)c(O)c2c(c1O)C=CC(=O)C2=O. The van der Waals surface area contributed by atoms with Gasteiger partial charge in [-0.2, -0.15) is 0 Å². The molecule has 0 fully saturated rings. The van der Waals surface area contributed by atoms with Gasteiger partial charge in [0.2, 0.25) is 11.6 Å². The average molecular weight is 220 g/mol. The first-order valence-electron chi connectivity index (χ1n) is 4.49. The number of benzene rings is 1. The van der Waals surface area contributed by atoms with Gasteiger partial charge in [-0.05, 0) is 19.1 Å². The predicted octanol–water partition coefficient (Wildman–Crippen LogP) is 0.890.